The van der Waals surface area contributed by atoms with Gasteiger partial charge in [0.05, 0.1) is 12.1 Å². The zero-order chi connectivity index (χ0) is 18.4. The molecule has 0 radical (unpaired) electrons. The first kappa shape index (κ1) is 18.7. The zero-order valence-corrected chi connectivity index (χ0v) is 14.6. The fourth-order valence-corrected chi connectivity index (χ4v) is 2.49. The van der Waals surface area contributed by atoms with Crippen molar-refractivity contribution in [1.29, 1.82) is 0 Å². The van der Waals surface area contributed by atoms with E-state index in [4.69, 9.17) is 16.3 Å². The van der Waals surface area contributed by atoms with Crippen LogP contribution in [0.15, 0.2) is 42.5 Å². The van der Waals surface area contributed by atoms with Crippen molar-refractivity contribution < 1.29 is 18.7 Å². The van der Waals surface area contributed by atoms with Crippen LogP contribution in [-0.2, 0) is 16.1 Å². The molecule has 0 aliphatic carbocycles. The molecule has 0 saturated heterocycles. The van der Waals surface area contributed by atoms with Gasteiger partial charge in [-0.15, -0.1) is 0 Å². The number of nitrogens with one attached hydrogen (secondary N) is 1. The van der Waals surface area contributed by atoms with Crippen molar-refractivity contribution in [2.45, 2.75) is 13.5 Å². The van der Waals surface area contributed by atoms with E-state index in [1.165, 1.54) is 25.0 Å². The highest BCUT2D eigenvalue weighted by Gasteiger charge is 2.17. The molecule has 2 rings (SSSR count). The van der Waals surface area contributed by atoms with Gasteiger partial charge in [0.1, 0.15) is 18.1 Å². The number of carbonyl (C=O) groups is 2. The molecule has 2 amide bonds. The number of carbonyl (C=O) groups excluding carboxylic acids is 2. The van der Waals surface area contributed by atoms with Crippen LogP contribution in [0.2, 0.25) is 5.02 Å². The summed E-state index contributed by atoms with van der Waals surface area (Å²) in [6.07, 6.45) is 0. The second kappa shape index (κ2) is 8.48. The van der Waals surface area contributed by atoms with Crippen LogP contribution < -0.4 is 15.0 Å². The second-order valence-electron chi connectivity index (χ2n) is 5.29. The summed E-state index contributed by atoms with van der Waals surface area (Å²) in [5.74, 6) is -0.654. The van der Waals surface area contributed by atoms with E-state index in [1.54, 1.807) is 36.4 Å². The highest BCUT2D eigenvalue weighted by molar-refractivity contribution is 6.32. The van der Waals surface area contributed by atoms with Gasteiger partial charge in [-0.25, -0.2) is 4.39 Å². The third-order valence-electron chi connectivity index (χ3n) is 3.56. The average molecular weight is 365 g/mol. The number of nitrogens with zero attached hydrogens (tertiary/aromatic N) is 1. The molecule has 0 aliphatic heterocycles. The zero-order valence-electron chi connectivity index (χ0n) is 13.9. The van der Waals surface area contributed by atoms with Gasteiger partial charge in [0.25, 0.3) is 0 Å². The molecule has 0 fully saturated rings. The van der Waals surface area contributed by atoms with Crippen LogP contribution in [0.4, 0.5) is 10.1 Å². The van der Waals surface area contributed by atoms with Crippen LogP contribution in [0.1, 0.15) is 12.5 Å². The summed E-state index contributed by atoms with van der Waals surface area (Å²) in [4.78, 5) is 25.3. The molecule has 0 bridgehead atoms. The predicted molar refractivity (Wildman–Crippen MR) is 94.3 cm³/mol. The normalized spacial score (nSPS) is 10.2. The van der Waals surface area contributed by atoms with E-state index in [0.29, 0.717) is 22.0 Å². The Hall–Kier alpha value is -2.60. The first-order valence-electron chi connectivity index (χ1n) is 7.54. The lowest BCUT2D eigenvalue weighted by molar-refractivity contribution is -0.123. The SMILES string of the molecule is COc1ccc(N(CC(=O)NCc2ccccc2F)C(C)=O)cc1Cl. The van der Waals surface area contributed by atoms with Gasteiger partial charge in [-0.1, -0.05) is 29.8 Å². The van der Waals surface area contributed by atoms with Crippen molar-refractivity contribution in [1.82, 2.24) is 5.32 Å². The number of methoxy groups -OCH3 is 1. The molecule has 2 aromatic carbocycles. The standard InChI is InChI=1S/C18H18ClFN2O3/c1-12(23)22(14-7-8-17(25-2)15(19)9-14)11-18(24)21-10-13-5-3-4-6-16(13)20/h3-9H,10-11H2,1-2H3,(H,21,24). The smallest absolute Gasteiger partial charge is 0.240 e. The van der Waals surface area contributed by atoms with Crippen molar-refractivity contribution in [3.8, 4) is 5.75 Å². The summed E-state index contributed by atoms with van der Waals surface area (Å²) >= 11 is 6.07. The summed E-state index contributed by atoms with van der Waals surface area (Å²) in [6, 6.07) is 11.0. The fourth-order valence-electron chi connectivity index (χ4n) is 2.24. The number of amides is 2. The Balaban J connectivity index is 2.06. The molecule has 0 unspecified atom stereocenters. The molecule has 0 saturated carbocycles. The molecule has 132 valence electrons. The highest BCUT2D eigenvalue weighted by Crippen LogP contribution is 2.29. The predicted octanol–water partition coefficient (Wildman–Crippen LogP) is 3.16. The lowest BCUT2D eigenvalue weighted by Gasteiger charge is -2.21. The number of anilines is 1. The molecule has 2 aromatic rings. The van der Waals surface area contributed by atoms with E-state index >= 15 is 0 Å². The summed E-state index contributed by atoms with van der Waals surface area (Å²) in [6.45, 7) is 1.19. The average Bonchev–Trinajstić information content (AvgIpc) is 2.58. The minimum absolute atomic E-state index is 0.0423. The van der Waals surface area contributed by atoms with Gasteiger partial charge in [-0.3, -0.25) is 9.59 Å². The highest BCUT2D eigenvalue weighted by atomic mass is 35.5. The molecule has 1 N–H and O–H groups in total. The number of rotatable bonds is 6. The molecule has 0 atom stereocenters. The minimum Gasteiger partial charge on any atom is -0.495 e. The van der Waals surface area contributed by atoms with Gasteiger partial charge in [-0.2, -0.15) is 0 Å². The molecular weight excluding hydrogens is 347 g/mol. The molecule has 0 heterocycles. The maximum absolute atomic E-state index is 13.6. The fraction of sp³-hybridized carbons (Fsp3) is 0.222. The number of hydrogen-bond donors (Lipinski definition) is 1. The Morgan fingerprint density at radius 3 is 2.56 bits per heavy atom. The quantitative estimate of drug-likeness (QED) is 0.856. The summed E-state index contributed by atoms with van der Waals surface area (Å²) < 4.78 is 18.6. The van der Waals surface area contributed by atoms with Crippen LogP contribution in [0.3, 0.4) is 0 Å². The molecule has 25 heavy (non-hydrogen) atoms. The Kier molecular flexibility index (Phi) is 6.36. The Labute approximate surface area is 150 Å². The van der Waals surface area contributed by atoms with Gasteiger partial charge in [0.15, 0.2) is 0 Å². The van der Waals surface area contributed by atoms with E-state index < -0.39 is 11.7 Å². The largest absolute Gasteiger partial charge is 0.495 e. The first-order chi connectivity index (χ1) is 11.9. The van der Waals surface area contributed by atoms with Crippen molar-refractivity contribution in [2.24, 2.45) is 0 Å². The molecule has 0 aromatic heterocycles. The second-order valence-corrected chi connectivity index (χ2v) is 5.70. The van der Waals surface area contributed by atoms with Gasteiger partial charge < -0.3 is 15.0 Å². The molecule has 5 nitrogen and oxygen atoms in total. The van der Waals surface area contributed by atoms with Gasteiger partial charge in [0, 0.05) is 24.7 Å². The third kappa shape index (κ3) is 4.93. The van der Waals surface area contributed by atoms with Gasteiger partial charge >= 0.3 is 0 Å². The Morgan fingerprint density at radius 2 is 1.96 bits per heavy atom. The Morgan fingerprint density at radius 1 is 1.24 bits per heavy atom. The van der Waals surface area contributed by atoms with Crippen molar-refractivity contribution in [2.75, 3.05) is 18.6 Å². The third-order valence-corrected chi connectivity index (χ3v) is 3.86. The van der Waals surface area contributed by atoms with Crippen LogP contribution in [0.25, 0.3) is 0 Å². The molecular formula is C18H18ClFN2O3. The van der Waals surface area contributed by atoms with E-state index in [9.17, 15) is 14.0 Å². The molecule has 0 spiro atoms. The lowest BCUT2D eigenvalue weighted by atomic mass is 10.2. The number of benzene rings is 2. The van der Waals surface area contributed by atoms with E-state index in [-0.39, 0.29) is 19.0 Å². The van der Waals surface area contributed by atoms with E-state index in [0.717, 1.165) is 0 Å². The van der Waals surface area contributed by atoms with Crippen molar-refractivity contribution in [3.05, 3.63) is 58.9 Å². The van der Waals surface area contributed by atoms with Crippen LogP contribution in [0.5, 0.6) is 5.75 Å². The van der Waals surface area contributed by atoms with Crippen LogP contribution in [-0.4, -0.2) is 25.5 Å². The van der Waals surface area contributed by atoms with Gasteiger partial charge in [0.2, 0.25) is 11.8 Å². The number of halogens is 2. The lowest BCUT2D eigenvalue weighted by Crippen LogP contribution is -2.39. The summed E-state index contributed by atoms with van der Waals surface area (Å²) in [7, 11) is 1.49. The van der Waals surface area contributed by atoms with Crippen molar-refractivity contribution >= 4 is 29.1 Å². The maximum Gasteiger partial charge on any atom is 0.240 e. The summed E-state index contributed by atoms with van der Waals surface area (Å²) in [5.41, 5.74) is 0.844. The van der Waals surface area contributed by atoms with Gasteiger partial charge in [-0.05, 0) is 24.3 Å². The maximum atomic E-state index is 13.6. The van der Waals surface area contributed by atoms with E-state index in [1.807, 2.05) is 0 Å². The monoisotopic (exact) mass is 364 g/mol. The topological polar surface area (TPSA) is 58.6 Å². The number of ether oxygens (including phenoxy) is 1. The Bertz CT molecular complexity index is 783. The van der Waals surface area contributed by atoms with Crippen molar-refractivity contribution in [3.63, 3.8) is 0 Å². The van der Waals surface area contributed by atoms with Crippen LogP contribution >= 0.6 is 11.6 Å². The molecule has 0 aliphatic rings. The van der Waals surface area contributed by atoms with Crippen LogP contribution in [0, 0.1) is 5.82 Å². The number of hydrogen-bond acceptors (Lipinski definition) is 3. The summed E-state index contributed by atoms with van der Waals surface area (Å²) in [5, 5.41) is 2.93. The first-order valence-corrected chi connectivity index (χ1v) is 7.92. The molecule has 7 heteroatoms. The minimum atomic E-state index is -0.412. The van der Waals surface area contributed by atoms with E-state index in [2.05, 4.69) is 5.32 Å².